The Balaban J connectivity index is 2.11. The summed E-state index contributed by atoms with van der Waals surface area (Å²) < 4.78 is 1.36. The molecule has 1 N–H and O–H groups in total. The molecule has 3 rings (SSSR count). The second kappa shape index (κ2) is 5.88. The molecule has 0 unspecified atom stereocenters. The molecule has 0 atom stereocenters. The van der Waals surface area contributed by atoms with Crippen molar-refractivity contribution in [3.63, 3.8) is 0 Å². The lowest BCUT2D eigenvalue weighted by Crippen LogP contribution is -2.24. The summed E-state index contributed by atoms with van der Waals surface area (Å²) in [5, 5.41) is 10.8. The fraction of sp³-hybridized carbons (Fsp3) is 0.0556. The van der Waals surface area contributed by atoms with Crippen LogP contribution in [0.2, 0.25) is 0 Å². The zero-order valence-electron chi connectivity index (χ0n) is 12.4. The Morgan fingerprint density at radius 1 is 1.17 bits per heavy atom. The van der Waals surface area contributed by atoms with Crippen LogP contribution >= 0.6 is 0 Å². The third-order valence-electron chi connectivity index (χ3n) is 3.62. The zero-order valence-corrected chi connectivity index (χ0v) is 12.4. The van der Waals surface area contributed by atoms with Gasteiger partial charge >= 0.3 is 0 Å². The van der Waals surface area contributed by atoms with E-state index in [-0.39, 0.29) is 11.3 Å². The molecule has 1 aromatic carbocycles. The molecule has 5 nitrogen and oxygen atoms in total. The second-order valence-electron chi connectivity index (χ2n) is 5.06. The highest BCUT2D eigenvalue weighted by Crippen LogP contribution is 2.26. The van der Waals surface area contributed by atoms with E-state index in [2.05, 4.69) is 4.98 Å². The lowest BCUT2D eigenvalue weighted by molar-refractivity contribution is 0.104. The first-order valence-electron chi connectivity index (χ1n) is 7.03. The molecule has 0 saturated carbocycles. The van der Waals surface area contributed by atoms with E-state index in [1.807, 2.05) is 0 Å². The molecule has 114 valence electrons. The van der Waals surface area contributed by atoms with E-state index in [9.17, 15) is 14.7 Å². The van der Waals surface area contributed by atoms with Crippen LogP contribution in [0.25, 0.3) is 17.0 Å². The van der Waals surface area contributed by atoms with Gasteiger partial charge in [-0.2, -0.15) is 0 Å². The van der Waals surface area contributed by atoms with Crippen molar-refractivity contribution in [1.82, 2.24) is 9.55 Å². The minimum absolute atomic E-state index is 0.238. The number of allylic oxidation sites excluding steroid dienone is 1. The average Bonchev–Trinajstić information content (AvgIpc) is 2.59. The molecule has 0 amide bonds. The highest BCUT2D eigenvalue weighted by atomic mass is 16.3. The number of pyridine rings is 2. The van der Waals surface area contributed by atoms with E-state index in [1.54, 1.807) is 55.7 Å². The molecule has 2 heterocycles. The van der Waals surface area contributed by atoms with Gasteiger partial charge in [-0.05, 0) is 36.4 Å². The maximum absolute atomic E-state index is 12.4. The Morgan fingerprint density at radius 3 is 2.65 bits per heavy atom. The van der Waals surface area contributed by atoms with E-state index in [0.717, 1.165) is 0 Å². The number of nitrogens with zero attached hydrogens (tertiary/aromatic N) is 2. The Hall–Kier alpha value is -3.21. The number of carbonyl (C=O) groups is 1. The van der Waals surface area contributed by atoms with Crippen LogP contribution in [0.5, 0.6) is 5.75 Å². The number of rotatable bonds is 3. The summed E-state index contributed by atoms with van der Waals surface area (Å²) >= 11 is 0. The van der Waals surface area contributed by atoms with E-state index >= 15 is 0 Å². The number of aryl methyl sites for hydroxylation is 1. The van der Waals surface area contributed by atoms with Gasteiger partial charge in [0.2, 0.25) is 0 Å². The standard InChI is InChI=1S/C18H14N2O3/c1-20-14-8-3-2-7-13(14)17(22)16(18(20)23)15(21)10-9-12-6-4-5-11-19-12/h2-11,22H,1H3. The van der Waals surface area contributed by atoms with Crippen molar-refractivity contribution in [2.45, 2.75) is 0 Å². The highest BCUT2D eigenvalue weighted by Gasteiger charge is 2.18. The lowest BCUT2D eigenvalue weighted by Gasteiger charge is -2.09. The predicted molar refractivity (Wildman–Crippen MR) is 88.5 cm³/mol. The molecule has 3 aromatic rings. The van der Waals surface area contributed by atoms with Crippen LogP contribution in [0.1, 0.15) is 16.1 Å². The summed E-state index contributed by atoms with van der Waals surface area (Å²) in [5.74, 6) is -0.848. The molecule has 5 heteroatoms. The molecular formula is C18H14N2O3. The minimum atomic E-state index is -0.556. The van der Waals surface area contributed by atoms with Gasteiger partial charge in [-0.25, -0.2) is 0 Å². The largest absolute Gasteiger partial charge is 0.506 e. The lowest BCUT2D eigenvalue weighted by atomic mass is 10.1. The number of fused-ring (bicyclic) bond motifs is 1. The van der Waals surface area contributed by atoms with Gasteiger partial charge in [0.1, 0.15) is 11.3 Å². The first kappa shape index (κ1) is 14.7. The smallest absolute Gasteiger partial charge is 0.265 e. The molecule has 0 saturated heterocycles. The van der Waals surface area contributed by atoms with Crippen molar-refractivity contribution in [3.05, 3.63) is 76.3 Å². The molecule has 0 aliphatic heterocycles. The predicted octanol–water partition coefficient (Wildman–Crippen LogP) is 2.54. The van der Waals surface area contributed by atoms with Gasteiger partial charge in [-0.15, -0.1) is 0 Å². The Labute approximate surface area is 132 Å². The maximum Gasteiger partial charge on any atom is 0.265 e. The van der Waals surface area contributed by atoms with E-state index < -0.39 is 11.3 Å². The molecule has 2 aromatic heterocycles. The first-order valence-corrected chi connectivity index (χ1v) is 7.03. The van der Waals surface area contributed by atoms with Crippen molar-refractivity contribution < 1.29 is 9.90 Å². The van der Waals surface area contributed by atoms with E-state index in [1.165, 1.54) is 16.7 Å². The van der Waals surface area contributed by atoms with Gasteiger partial charge in [0.15, 0.2) is 5.78 Å². The van der Waals surface area contributed by atoms with Crippen LogP contribution in [-0.2, 0) is 7.05 Å². The van der Waals surface area contributed by atoms with Crippen molar-refractivity contribution >= 4 is 22.8 Å². The number of carbonyl (C=O) groups excluding carboxylic acids is 1. The normalized spacial score (nSPS) is 11.2. The molecule has 0 bridgehead atoms. The summed E-state index contributed by atoms with van der Waals surface area (Å²) in [7, 11) is 1.57. The van der Waals surface area contributed by atoms with Gasteiger partial charge in [-0.3, -0.25) is 14.6 Å². The van der Waals surface area contributed by atoms with Gasteiger partial charge in [-0.1, -0.05) is 18.2 Å². The van der Waals surface area contributed by atoms with Crippen molar-refractivity contribution in [2.24, 2.45) is 7.05 Å². The topological polar surface area (TPSA) is 72.2 Å². The van der Waals surface area contributed by atoms with Crippen LogP contribution in [0, 0.1) is 0 Å². The fourth-order valence-corrected chi connectivity index (χ4v) is 2.42. The summed E-state index contributed by atoms with van der Waals surface area (Å²) in [4.78, 5) is 28.8. The van der Waals surface area contributed by atoms with Crippen LogP contribution in [0.3, 0.4) is 0 Å². The third-order valence-corrected chi connectivity index (χ3v) is 3.62. The molecule has 0 radical (unpaired) electrons. The molecule has 0 fully saturated rings. The van der Waals surface area contributed by atoms with Crippen LogP contribution < -0.4 is 5.56 Å². The van der Waals surface area contributed by atoms with Crippen molar-refractivity contribution in [2.75, 3.05) is 0 Å². The number of aromatic hydroxyl groups is 1. The van der Waals surface area contributed by atoms with Gasteiger partial charge in [0.05, 0.1) is 11.2 Å². The van der Waals surface area contributed by atoms with Gasteiger partial charge in [0.25, 0.3) is 5.56 Å². The molecular weight excluding hydrogens is 292 g/mol. The number of para-hydroxylation sites is 1. The quantitative estimate of drug-likeness (QED) is 0.596. The number of hydrogen-bond acceptors (Lipinski definition) is 4. The van der Waals surface area contributed by atoms with Crippen molar-refractivity contribution in [3.8, 4) is 5.75 Å². The minimum Gasteiger partial charge on any atom is -0.506 e. The average molecular weight is 306 g/mol. The molecule has 23 heavy (non-hydrogen) atoms. The fourth-order valence-electron chi connectivity index (χ4n) is 2.42. The van der Waals surface area contributed by atoms with E-state index in [4.69, 9.17) is 0 Å². The van der Waals surface area contributed by atoms with Crippen LogP contribution in [0.15, 0.2) is 59.5 Å². The third kappa shape index (κ3) is 2.64. The van der Waals surface area contributed by atoms with Crippen LogP contribution in [0.4, 0.5) is 0 Å². The highest BCUT2D eigenvalue weighted by molar-refractivity contribution is 6.11. The first-order chi connectivity index (χ1) is 11.1. The number of ketones is 1. The number of hydrogen-bond donors (Lipinski definition) is 1. The Kier molecular flexibility index (Phi) is 3.76. The van der Waals surface area contributed by atoms with Gasteiger partial charge in [0, 0.05) is 18.6 Å². The Morgan fingerprint density at radius 2 is 1.91 bits per heavy atom. The number of aromatic nitrogens is 2. The monoisotopic (exact) mass is 306 g/mol. The van der Waals surface area contributed by atoms with E-state index in [0.29, 0.717) is 16.6 Å². The SMILES string of the molecule is Cn1c(=O)c(C(=O)C=Cc2ccccn2)c(O)c2ccccc21. The molecule has 0 spiro atoms. The van der Waals surface area contributed by atoms with Gasteiger partial charge < -0.3 is 9.67 Å². The zero-order chi connectivity index (χ0) is 16.4. The van der Waals surface area contributed by atoms with Crippen molar-refractivity contribution in [1.29, 1.82) is 0 Å². The summed E-state index contributed by atoms with van der Waals surface area (Å²) in [6.45, 7) is 0. The molecule has 0 aliphatic rings. The summed E-state index contributed by atoms with van der Waals surface area (Å²) in [6, 6.07) is 12.2. The number of benzene rings is 1. The molecule has 0 aliphatic carbocycles. The summed E-state index contributed by atoms with van der Waals surface area (Å²) in [6.07, 6.45) is 4.36. The second-order valence-corrected chi connectivity index (χ2v) is 5.06. The Bertz CT molecular complexity index is 973. The summed E-state index contributed by atoms with van der Waals surface area (Å²) in [5.41, 5.74) is 0.397. The van der Waals surface area contributed by atoms with Crippen LogP contribution in [-0.4, -0.2) is 20.4 Å². The maximum atomic E-state index is 12.4.